The lowest BCUT2D eigenvalue weighted by Crippen LogP contribution is -2.45. The van der Waals surface area contributed by atoms with Gasteiger partial charge in [0.2, 0.25) is 5.96 Å². The number of thiocarbonyl (C=S) groups is 1. The SMILES string of the molecule is CC/C(C)=N/N=C(\N)N(C(N)=S)c1cccc(Cl)c1. The second-order valence-electron chi connectivity index (χ2n) is 3.80. The van der Waals surface area contributed by atoms with Gasteiger partial charge in [0, 0.05) is 10.7 Å². The van der Waals surface area contributed by atoms with Crippen LogP contribution in [0.4, 0.5) is 5.69 Å². The summed E-state index contributed by atoms with van der Waals surface area (Å²) in [5.74, 6) is 0.0996. The first kappa shape index (κ1) is 15.4. The van der Waals surface area contributed by atoms with Crippen molar-refractivity contribution in [2.75, 3.05) is 4.90 Å². The average molecular weight is 298 g/mol. The van der Waals surface area contributed by atoms with Gasteiger partial charge in [0.1, 0.15) is 0 Å². The van der Waals surface area contributed by atoms with Crippen molar-refractivity contribution in [2.24, 2.45) is 21.7 Å². The number of hydrogen-bond acceptors (Lipinski definition) is 3. The number of guanidine groups is 1. The molecule has 4 N–H and O–H groups in total. The molecule has 0 unspecified atom stereocenters. The molecular formula is C12H16ClN5S. The topological polar surface area (TPSA) is 80.0 Å². The van der Waals surface area contributed by atoms with Crippen molar-refractivity contribution < 1.29 is 0 Å². The lowest BCUT2D eigenvalue weighted by atomic mass is 10.3. The Morgan fingerprint density at radius 2 is 2.05 bits per heavy atom. The van der Waals surface area contributed by atoms with E-state index in [1.807, 2.05) is 13.8 Å². The van der Waals surface area contributed by atoms with Gasteiger partial charge >= 0.3 is 0 Å². The summed E-state index contributed by atoms with van der Waals surface area (Å²) in [4.78, 5) is 1.41. The molecule has 5 nitrogen and oxygen atoms in total. The molecule has 1 aromatic carbocycles. The lowest BCUT2D eigenvalue weighted by Gasteiger charge is -2.20. The highest BCUT2D eigenvalue weighted by molar-refractivity contribution is 7.80. The highest BCUT2D eigenvalue weighted by Crippen LogP contribution is 2.19. The molecule has 0 atom stereocenters. The highest BCUT2D eigenvalue weighted by Gasteiger charge is 2.14. The third-order valence-corrected chi connectivity index (χ3v) is 2.77. The van der Waals surface area contributed by atoms with Gasteiger partial charge in [-0.1, -0.05) is 24.6 Å². The standard InChI is InChI=1S/C12H16ClN5S/c1-3-8(2)16-17-11(14)18(12(15)19)10-6-4-5-9(13)7-10/h4-7H,3H2,1-2H3,(H2,14,17)(H2,15,19)/b16-8+. The maximum Gasteiger partial charge on any atom is 0.227 e. The van der Waals surface area contributed by atoms with E-state index < -0.39 is 0 Å². The largest absolute Gasteiger partial charge is 0.376 e. The maximum atomic E-state index is 5.93. The second-order valence-corrected chi connectivity index (χ2v) is 4.66. The monoisotopic (exact) mass is 297 g/mol. The predicted octanol–water partition coefficient (Wildman–Crippen LogP) is 2.49. The number of rotatable bonds is 3. The molecule has 0 aliphatic rings. The van der Waals surface area contributed by atoms with E-state index in [2.05, 4.69) is 10.2 Å². The number of benzene rings is 1. The van der Waals surface area contributed by atoms with Gasteiger partial charge < -0.3 is 11.5 Å². The number of halogens is 1. The summed E-state index contributed by atoms with van der Waals surface area (Å²) in [5.41, 5.74) is 13.0. The highest BCUT2D eigenvalue weighted by atomic mass is 35.5. The van der Waals surface area contributed by atoms with Gasteiger partial charge in [0.15, 0.2) is 5.11 Å². The molecule has 0 aliphatic carbocycles. The molecule has 102 valence electrons. The summed E-state index contributed by atoms with van der Waals surface area (Å²) in [6, 6.07) is 7.00. The zero-order chi connectivity index (χ0) is 14.4. The number of nitrogens with two attached hydrogens (primary N) is 2. The Morgan fingerprint density at radius 3 is 2.58 bits per heavy atom. The molecule has 0 bridgehead atoms. The minimum absolute atomic E-state index is 0.0767. The molecule has 7 heteroatoms. The van der Waals surface area contributed by atoms with E-state index >= 15 is 0 Å². The van der Waals surface area contributed by atoms with E-state index in [9.17, 15) is 0 Å². The van der Waals surface area contributed by atoms with Crippen molar-refractivity contribution in [3.8, 4) is 0 Å². The fourth-order valence-electron chi connectivity index (χ4n) is 1.24. The molecule has 0 saturated heterocycles. The number of nitrogens with zero attached hydrogens (tertiary/aromatic N) is 3. The van der Waals surface area contributed by atoms with Gasteiger partial charge in [-0.05, 0) is 43.8 Å². The van der Waals surface area contributed by atoms with Crippen LogP contribution in [0.3, 0.4) is 0 Å². The van der Waals surface area contributed by atoms with Gasteiger partial charge in [-0.3, -0.25) is 4.90 Å². The fraction of sp³-hybridized carbons (Fsp3) is 0.250. The molecule has 0 aromatic heterocycles. The number of hydrogen-bond donors (Lipinski definition) is 2. The van der Waals surface area contributed by atoms with Gasteiger partial charge in [-0.25, -0.2) is 0 Å². The van der Waals surface area contributed by atoms with Gasteiger partial charge in [-0.15, -0.1) is 5.10 Å². The first-order chi connectivity index (χ1) is 8.95. The van der Waals surface area contributed by atoms with Crippen molar-refractivity contribution in [3.05, 3.63) is 29.3 Å². The first-order valence-electron chi connectivity index (χ1n) is 5.67. The Kier molecular flexibility index (Phi) is 5.72. The molecule has 0 saturated carbocycles. The third kappa shape index (κ3) is 4.50. The van der Waals surface area contributed by atoms with Crippen molar-refractivity contribution in [2.45, 2.75) is 20.3 Å². The van der Waals surface area contributed by atoms with E-state index in [4.69, 9.17) is 35.3 Å². The number of anilines is 1. The molecule has 0 radical (unpaired) electrons. The molecule has 1 aromatic rings. The molecule has 0 spiro atoms. The van der Waals surface area contributed by atoms with E-state index in [1.165, 1.54) is 4.90 Å². The summed E-state index contributed by atoms with van der Waals surface area (Å²) in [7, 11) is 0. The van der Waals surface area contributed by atoms with Crippen molar-refractivity contribution in [3.63, 3.8) is 0 Å². The van der Waals surface area contributed by atoms with Crippen LogP contribution in [0.1, 0.15) is 20.3 Å². The predicted molar refractivity (Wildman–Crippen MR) is 85.7 cm³/mol. The van der Waals surface area contributed by atoms with Crippen LogP contribution >= 0.6 is 23.8 Å². The van der Waals surface area contributed by atoms with Crippen LogP contribution < -0.4 is 16.4 Å². The van der Waals surface area contributed by atoms with Crippen LogP contribution in [-0.4, -0.2) is 16.8 Å². The van der Waals surface area contributed by atoms with Crippen LogP contribution in [-0.2, 0) is 0 Å². The molecule has 0 heterocycles. The molecule has 19 heavy (non-hydrogen) atoms. The Hall–Kier alpha value is -1.66. The van der Waals surface area contributed by atoms with Crippen LogP contribution in [0.5, 0.6) is 0 Å². The molecule has 0 fully saturated rings. The summed E-state index contributed by atoms with van der Waals surface area (Å²) < 4.78 is 0. The van der Waals surface area contributed by atoms with E-state index in [0.29, 0.717) is 10.7 Å². The average Bonchev–Trinajstić information content (AvgIpc) is 2.35. The minimum Gasteiger partial charge on any atom is -0.376 e. The minimum atomic E-state index is 0.0767. The zero-order valence-corrected chi connectivity index (χ0v) is 12.4. The van der Waals surface area contributed by atoms with Crippen LogP contribution in [0.15, 0.2) is 34.5 Å². The quantitative estimate of drug-likeness (QED) is 0.389. The maximum absolute atomic E-state index is 5.93. The van der Waals surface area contributed by atoms with Crippen molar-refractivity contribution in [1.29, 1.82) is 0 Å². The van der Waals surface area contributed by atoms with Crippen LogP contribution in [0.2, 0.25) is 5.02 Å². The lowest BCUT2D eigenvalue weighted by molar-refractivity contribution is 1.14. The van der Waals surface area contributed by atoms with Gasteiger partial charge in [0.05, 0.1) is 5.69 Å². The summed E-state index contributed by atoms with van der Waals surface area (Å²) in [5, 5.41) is 8.54. The Labute approximate surface area is 122 Å². The van der Waals surface area contributed by atoms with E-state index in [1.54, 1.807) is 24.3 Å². The van der Waals surface area contributed by atoms with Gasteiger partial charge in [0.25, 0.3) is 0 Å². The zero-order valence-electron chi connectivity index (χ0n) is 10.8. The Balaban J connectivity index is 3.12. The first-order valence-corrected chi connectivity index (χ1v) is 6.46. The summed E-state index contributed by atoms with van der Waals surface area (Å²) in [6.07, 6.45) is 0.793. The second kappa shape index (κ2) is 7.06. The van der Waals surface area contributed by atoms with Crippen LogP contribution in [0.25, 0.3) is 0 Å². The van der Waals surface area contributed by atoms with Gasteiger partial charge in [-0.2, -0.15) is 5.10 Å². The van der Waals surface area contributed by atoms with Crippen LogP contribution in [0, 0.1) is 0 Å². The third-order valence-electron chi connectivity index (χ3n) is 2.35. The Bertz CT molecular complexity index is 527. The molecule has 0 amide bonds. The van der Waals surface area contributed by atoms with Crippen molar-refractivity contribution >= 4 is 46.3 Å². The Morgan fingerprint density at radius 1 is 1.37 bits per heavy atom. The fourth-order valence-corrected chi connectivity index (χ4v) is 1.62. The smallest absolute Gasteiger partial charge is 0.227 e. The molecular weight excluding hydrogens is 282 g/mol. The summed E-state index contributed by atoms with van der Waals surface area (Å²) >= 11 is 10.9. The van der Waals surface area contributed by atoms with E-state index in [0.717, 1.165) is 12.1 Å². The normalized spacial score (nSPS) is 12.4. The van der Waals surface area contributed by atoms with E-state index in [-0.39, 0.29) is 11.1 Å². The summed E-state index contributed by atoms with van der Waals surface area (Å²) in [6.45, 7) is 3.84. The molecule has 1 rings (SSSR count). The van der Waals surface area contributed by atoms with Crippen molar-refractivity contribution in [1.82, 2.24) is 0 Å². The molecule has 0 aliphatic heterocycles.